The van der Waals surface area contributed by atoms with E-state index in [2.05, 4.69) is 20.9 Å². The number of piperidine rings is 1. The summed E-state index contributed by atoms with van der Waals surface area (Å²) >= 11 is 0. The summed E-state index contributed by atoms with van der Waals surface area (Å²) in [4.78, 5) is 26.4. The molecule has 1 aliphatic rings. The maximum absolute atomic E-state index is 12.3. The third-order valence-corrected chi connectivity index (χ3v) is 5.20. The Kier molecular flexibility index (Phi) is 5.63. The number of hydrogen-bond donors (Lipinski definition) is 1. The minimum atomic E-state index is -0.207. The molecule has 0 aliphatic carbocycles. The zero-order valence-electron chi connectivity index (χ0n) is 17.0. The topological polar surface area (TPSA) is 104 Å². The van der Waals surface area contributed by atoms with Crippen molar-refractivity contribution in [2.45, 2.75) is 32.5 Å². The van der Waals surface area contributed by atoms with Gasteiger partial charge in [-0.2, -0.15) is 5.26 Å². The minimum Gasteiger partial charge on any atom is -0.490 e. The molecular formula is C22H23N5O3. The standard InChI is InChI=1S/C22H23N5O3/c1-14-10-18-20(24-19(13-29-2)25-22(18)28)26-21(14)27-8-6-16(7-9-27)30-17-5-3-4-15(11-17)12-23/h3-5,10-11,16H,6-9,13H2,1-2H3,(H,24,25,26,28). The number of ether oxygens (including phenoxy) is 2. The summed E-state index contributed by atoms with van der Waals surface area (Å²) in [6.45, 7) is 3.76. The number of nitrogens with zero attached hydrogens (tertiary/aromatic N) is 4. The number of hydrogen-bond acceptors (Lipinski definition) is 7. The molecule has 2 aromatic heterocycles. The first kappa shape index (κ1) is 19.9. The van der Waals surface area contributed by atoms with E-state index in [1.54, 1.807) is 19.2 Å². The SMILES string of the molecule is COCc1nc2nc(N3CCC(Oc4cccc(C#N)c4)CC3)c(C)cc2c(=O)[nH]1. The molecule has 0 unspecified atom stereocenters. The molecule has 0 amide bonds. The van der Waals surface area contributed by atoms with Crippen LogP contribution in [0.15, 0.2) is 35.1 Å². The molecule has 1 saturated heterocycles. The minimum absolute atomic E-state index is 0.0882. The Balaban J connectivity index is 1.50. The van der Waals surface area contributed by atoms with Crippen molar-refractivity contribution in [1.29, 1.82) is 5.26 Å². The van der Waals surface area contributed by atoms with E-state index in [9.17, 15) is 4.79 Å². The summed E-state index contributed by atoms with van der Waals surface area (Å²) in [5, 5.41) is 9.52. The van der Waals surface area contributed by atoms with Crippen LogP contribution in [0.1, 0.15) is 29.8 Å². The van der Waals surface area contributed by atoms with E-state index < -0.39 is 0 Å². The molecule has 154 valence electrons. The van der Waals surface area contributed by atoms with Crippen LogP contribution in [-0.4, -0.2) is 41.3 Å². The smallest absolute Gasteiger partial charge is 0.260 e. The molecule has 3 heterocycles. The lowest BCUT2D eigenvalue weighted by Crippen LogP contribution is -2.39. The summed E-state index contributed by atoms with van der Waals surface area (Å²) in [5.41, 5.74) is 1.76. The van der Waals surface area contributed by atoms with E-state index >= 15 is 0 Å². The van der Waals surface area contributed by atoms with Gasteiger partial charge in [-0.1, -0.05) is 6.07 Å². The van der Waals surface area contributed by atoms with Crippen LogP contribution in [0, 0.1) is 18.3 Å². The molecule has 0 saturated carbocycles. The van der Waals surface area contributed by atoms with E-state index in [-0.39, 0.29) is 18.3 Å². The van der Waals surface area contributed by atoms with Gasteiger partial charge in [0.2, 0.25) is 0 Å². The number of benzene rings is 1. The van der Waals surface area contributed by atoms with E-state index in [1.165, 1.54) is 0 Å². The Labute approximate surface area is 174 Å². The average molecular weight is 405 g/mol. The molecule has 0 radical (unpaired) electrons. The van der Waals surface area contributed by atoms with E-state index in [1.807, 2.05) is 25.1 Å². The zero-order chi connectivity index (χ0) is 21.1. The predicted molar refractivity (Wildman–Crippen MR) is 113 cm³/mol. The Hall–Kier alpha value is -3.44. The van der Waals surface area contributed by atoms with Crippen molar-refractivity contribution in [1.82, 2.24) is 15.0 Å². The fraction of sp³-hybridized carbons (Fsp3) is 0.364. The molecule has 8 nitrogen and oxygen atoms in total. The van der Waals surface area contributed by atoms with Crippen molar-refractivity contribution >= 4 is 16.9 Å². The van der Waals surface area contributed by atoms with Gasteiger partial charge in [0.05, 0.1) is 17.0 Å². The third kappa shape index (κ3) is 4.11. The van der Waals surface area contributed by atoms with E-state index in [0.29, 0.717) is 22.4 Å². The van der Waals surface area contributed by atoms with Crippen molar-refractivity contribution in [2.24, 2.45) is 0 Å². The second kappa shape index (κ2) is 8.51. The van der Waals surface area contributed by atoms with Gasteiger partial charge in [0, 0.05) is 33.0 Å². The fourth-order valence-corrected chi connectivity index (χ4v) is 3.74. The van der Waals surface area contributed by atoms with Crippen LogP contribution in [0.2, 0.25) is 0 Å². The lowest BCUT2D eigenvalue weighted by atomic mass is 10.1. The molecule has 0 spiro atoms. The molecule has 3 aromatic rings. The number of methoxy groups -OCH3 is 1. The first-order valence-corrected chi connectivity index (χ1v) is 9.88. The van der Waals surface area contributed by atoms with Gasteiger partial charge in [-0.25, -0.2) is 9.97 Å². The van der Waals surface area contributed by atoms with Gasteiger partial charge in [-0.15, -0.1) is 0 Å². The summed E-state index contributed by atoms with van der Waals surface area (Å²) in [5.74, 6) is 2.03. The number of nitrogens with one attached hydrogen (secondary N) is 1. The van der Waals surface area contributed by atoms with Crippen molar-refractivity contribution < 1.29 is 9.47 Å². The van der Waals surface area contributed by atoms with Gasteiger partial charge in [0.25, 0.3) is 5.56 Å². The largest absolute Gasteiger partial charge is 0.490 e. The Morgan fingerprint density at radius 3 is 2.80 bits per heavy atom. The van der Waals surface area contributed by atoms with Crippen LogP contribution >= 0.6 is 0 Å². The van der Waals surface area contributed by atoms with Crippen LogP contribution in [0.4, 0.5) is 5.82 Å². The maximum atomic E-state index is 12.3. The highest BCUT2D eigenvalue weighted by Gasteiger charge is 2.23. The molecular weight excluding hydrogens is 382 g/mol. The Bertz CT molecular complexity index is 1160. The third-order valence-electron chi connectivity index (χ3n) is 5.20. The Morgan fingerprint density at radius 2 is 2.07 bits per heavy atom. The van der Waals surface area contributed by atoms with Crippen molar-refractivity contribution in [3.8, 4) is 11.8 Å². The first-order valence-electron chi connectivity index (χ1n) is 9.88. The molecule has 8 heteroatoms. The van der Waals surface area contributed by atoms with Crippen LogP contribution in [0.5, 0.6) is 5.75 Å². The van der Waals surface area contributed by atoms with Crippen molar-refractivity contribution in [2.75, 3.05) is 25.1 Å². The number of pyridine rings is 1. The molecule has 1 aliphatic heterocycles. The molecule has 30 heavy (non-hydrogen) atoms. The summed E-state index contributed by atoms with van der Waals surface area (Å²) in [6, 6.07) is 11.2. The van der Waals surface area contributed by atoms with Gasteiger partial charge in [-0.3, -0.25) is 4.79 Å². The number of H-pyrrole nitrogens is 1. The second-order valence-electron chi connectivity index (χ2n) is 7.39. The maximum Gasteiger partial charge on any atom is 0.260 e. The number of fused-ring (bicyclic) bond motifs is 1. The highest BCUT2D eigenvalue weighted by molar-refractivity contribution is 5.77. The molecule has 0 bridgehead atoms. The van der Waals surface area contributed by atoms with Crippen LogP contribution in [0.25, 0.3) is 11.0 Å². The van der Waals surface area contributed by atoms with Gasteiger partial charge < -0.3 is 19.4 Å². The second-order valence-corrected chi connectivity index (χ2v) is 7.39. The van der Waals surface area contributed by atoms with Crippen LogP contribution < -0.4 is 15.2 Å². The van der Waals surface area contributed by atoms with Crippen molar-refractivity contribution in [3.05, 3.63) is 57.6 Å². The highest BCUT2D eigenvalue weighted by Crippen LogP contribution is 2.26. The van der Waals surface area contributed by atoms with Gasteiger partial charge in [-0.05, 0) is 36.8 Å². The monoisotopic (exact) mass is 405 g/mol. The molecule has 1 fully saturated rings. The normalized spacial score (nSPS) is 14.6. The Morgan fingerprint density at radius 1 is 1.27 bits per heavy atom. The van der Waals surface area contributed by atoms with E-state index in [4.69, 9.17) is 19.7 Å². The average Bonchev–Trinajstić information content (AvgIpc) is 2.75. The summed E-state index contributed by atoms with van der Waals surface area (Å²) in [7, 11) is 1.56. The molecule has 1 aromatic carbocycles. The highest BCUT2D eigenvalue weighted by atomic mass is 16.5. The van der Waals surface area contributed by atoms with Crippen LogP contribution in [0.3, 0.4) is 0 Å². The first-order chi connectivity index (χ1) is 14.6. The van der Waals surface area contributed by atoms with Crippen molar-refractivity contribution in [3.63, 3.8) is 0 Å². The van der Waals surface area contributed by atoms with Crippen LogP contribution in [-0.2, 0) is 11.3 Å². The molecule has 1 N–H and O–H groups in total. The van der Waals surface area contributed by atoms with Gasteiger partial charge in [0.1, 0.15) is 30.1 Å². The fourth-order valence-electron chi connectivity index (χ4n) is 3.74. The molecule has 0 atom stereocenters. The number of aromatic nitrogens is 3. The zero-order valence-corrected chi connectivity index (χ0v) is 17.0. The lowest BCUT2D eigenvalue weighted by Gasteiger charge is -2.33. The number of anilines is 1. The van der Waals surface area contributed by atoms with Gasteiger partial charge >= 0.3 is 0 Å². The summed E-state index contributed by atoms with van der Waals surface area (Å²) < 4.78 is 11.1. The number of aryl methyl sites for hydroxylation is 1. The van der Waals surface area contributed by atoms with E-state index in [0.717, 1.165) is 43.1 Å². The number of aromatic amines is 1. The lowest BCUT2D eigenvalue weighted by molar-refractivity contribution is 0.170. The quantitative estimate of drug-likeness (QED) is 0.696. The molecule has 4 rings (SSSR count). The predicted octanol–water partition coefficient (Wildman–Crippen LogP) is 2.69. The van der Waals surface area contributed by atoms with Gasteiger partial charge in [0.15, 0.2) is 5.65 Å². The number of nitriles is 1. The number of rotatable bonds is 5. The summed E-state index contributed by atoms with van der Waals surface area (Å²) in [6.07, 6.45) is 1.77.